The molecule has 1 aromatic rings. The van der Waals surface area contributed by atoms with Crippen LogP contribution in [0, 0.1) is 18.8 Å². The van der Waals surface area contributed by atoms with Gasteiger partial charge in [-0.2, -0.15) is 0 Å². The van der Waals surface area contributed by atoms with Crippen molar-refractivity contribution in [3.63, 3.8) is 0 Å². The minimum absolute atomic E-state index is 0.131. The third-order valence-electron chi connectivity index (χ3n) is 6.10. The lowest BCUT2D eigenvalue weighted by Gasteiger charge is -2.40. The molecule has 0 saturated heterocycles. The smallest absolute Gasteiger partial charge is 0.408 e. The Balaban J connectivity index is 3.68. The second kappa shape index (κ2) is 14.0. The van der Waals surface area contributed by atoms with Crippen LogP contribution in [0.3, 0.4) is 0 Å². The van der Waals surface area contributed by atoms with Crippen LogP contribution >= 0.6 is 0 Å². The van der Waals surface area contributed by atoms with E-state index >= 15 is 0 Å². The Labute approximate surface area is 231 Å². The van der Waals surface area contributed by atoms with E-state index in [1.807, 2.05) is 72.7 Å². The van der Waals surface area contributed by atoms with E-state index in [0.717, 1.165) is 24.0 Å². The number of nitrogens with one attached hydrogen (secondary N) is 2. The molecule has 38 heavy (non-hydrogen) atoms. The van der Waals surface area contributed by atoms with Gasteiger partial charge in [0, 0.05) is 11.6 Å². The topological polar surface area (TPSA) is 87.7 Å². The molecule has 7 heteroatoms. The molecule has 0 saturated carbocycles. The molecule has 2 N–H and O–H groups in total. The summed E-state index contributed by atoms with van der Waals surface area (Å²) in [6, 6.07) is 5.77. The second-order valence-corrected chi connectivity index (χ2v) is 13.4. The molecule has 0 spiro atoms. The molecule has 3 atom stereocenters. The number of benzene rings is 1. The van der Waals surface area contributed by atoms with Gasteiger partial charge in [-0.3, -0.25) is 9.59 Å². The van der Waals surface area contributed by atoms with Gasteiger partial charge in [0.25, 0.3) is 0 Å². The summed E-state index contributed by atoms with van der Waals surface area (Å²) in [5.41, 5.74) is 0.520. The van der Waals surface area contributed by atoms with Crippen LogP contribution in [-0.4, -0.2) is 46.0 Å². The van der Waals surface area contributed by atoms with Crippen molar-refractivity contribution in [1.82, 2.24) is 15.5 Å². The Kier molecular flexibility index (Phi) is 12.3. The van der Waals surface area contributed by atoms with E-state index in [1.165, 1.54) is 0 Å². The van der Waals surface area contributed by atoms with E-state index in [0.29, 0.717) is 12.3 Å². The van der Waals surface area contributed by atoms with Crippen molar-refractivity contribution in [2.24, 2.45) is 11.8 Å². The fourth-order valence-electron chi connectivity index (χ4n) is 4.38. The van der Waals surface area contributed by atoms with Gasteiger partial charge >= 0.3 is 6.09 Å². The van der Waals surface area contributed by atoms with Gasteiger partial charge in [0.05, 0.1) is 0 Å². The summed E-state index contributed by atoms with van der Waals surface area (Å²) in [5.74, 6) is 0.0586. The highest BCUT2D eigenvalue weighted by Gasteiger charge is 2.40. The number of alkyl carbamates (subject to hydrolysis) is 1. The molecule has 0 fully saturated rings. The van der Waals surface area contributed by atoms with Gasteiger partial charge in [0.15, 0.2) is 0 Å². The molecule has 3 amide bonds. The molecule has 1 aromatic carbocycles. The molecule has 0 heterocycles. The van der Waals surface area contributed by atoms with Crippen LogP contribution in [0.25, 0.3) is 0 Å². The highest BCUT2D eigenvalue weighted by molar-refractivity contribution is 5.92. The first-order valence-electron chi connectivity index (χ1n) is 14.0. The number of hydrogen-bond acceptors (Lipinski definition) is 4. The Bertz CT molecular complexity index is 928. The molecule has 0 aromatic heterocycles. The molecule has 0 aliphatic carbocycles. The fraction of sp³-hybridized carbons (Fsp3) is 0.710. The molecule has 0 aliphatic rings. The van der Waals surface area contributed by atoms with Gasteiger partial charge in [-0.05, 0) is 97.6 Å². The lowest BCUT2D eigenvalue weighted by molar-refractivity contribution is -0.146. The van der Waals surface area contributed by atoms with E-state index in [2.05, 4.69) is 24.5 Å². The number of carbonyl (C=O) groups excluding carboxylic acids is 3. The van der Waals surface area contributed by atoms with Crippen LogP contribution < -0.4 is 10.6 Å². The Morgan fingerprint density at radius 2 is 1.47 bits per heavy atom. The monoisotopic (exact) mass is 531 g/mol. The van der Waals surface area contributed by atoms with Crippen molar-refractivity contribution in [3.05, 3.63) is 35.4 Å². The maximum absolute atomic E-state index is 14.4. The normalized spacial score (nSPS) is 14.6. The number of rotatable bonds is 11. The summed E-state index contributed by atoms with van der Waals surface area (Å²) >= 11 is 0. The number of amides is 3. The van der Waals surface area contributed by atoms with Crippen molar-refractivity contribution in [2.45, 2.75) is 132 Å². The first-order chi connectivity index (χ1) is 17.3. The van der Waals surface area contributed by atoms with Crippen LogP contribution in [0.4, 0.5) is 4.79 Å². The average molecular weight is 532 g/mol. The van der Waals surface area contributed by atoms with Crippen LogP contribution in [0.5, 0.6) is 0 Å². The van der Waals surface area contributed by atoms with Gasteiger partial charge < -0.3 is 20.3 Å². The Morgan fingerprint density at radius 3 is 1.95 bits per heavy atom. The van der Waals surface area contributed by atoms with Crippen LogP contribution in [0.2, 0.25) is 0 Å². The molecule has 1 rings (SSSR count). The zero-order valence-electron chi connectivity index (χ0n) is 25.9. The quantitative estimate of drug-likeness (QED) is 0.339. The van der Waals surface area contributed by atoms with Crippen molar-refractivity contribution < 1.29 is 19.1 Å². The molecule has 0 aliphatic heterocycles. The molecular formula is C31H53N3O4. The van der Waals surface area contributed by atoms with Crippen LogP contribution in [0.15, 0.2) is 24.3 Å². The van der Waals surface area contributed by atoms with E-state index in [4.69, 9.17) is 4.74 Å². The lowest BCUT2D eigenvalue weighted by Crippen LogP contribution is -2.57. The number of ether oxygens (including phenoxy) is 1. The largest absolute Gasteiger partial charge is 0.444 e. The standard InChI is InChI=1S/C31H53N3O4/c1-20(2)17-18-23(6)34(28(36)25(19-21(3)4)32-29(37)38-31(10,11)12)26(27(35)33-30(7,8)9)24-16-14-13-15-22(24)5/h13-16,20-21,23,25-26H,17-19H2,1-12H3,(H,32,37)(H,33,35). The summed E-state index contributed by atoms with van der Waals surface area (Å²) < 4.78 is 5.50. The zero-order valence-corrected chi connectivity index (χ0v) is 25.9. The summed E-state index contributed by atoms with van der Waals surface area (Å²) in [5, 5.41) is 5.94. The molecule has 7 nitrogen and oxygen atoms in total. The van der Waals surface area contributed by atoms with Gasteiger partial charge in [-0.25, -0.2) is 4.79 Å². The second-order valence-electron chi connectivity index (χ2n) is 13.4. The number of nitrogens with zero attached hydrogens (tertiary/aromatic N) is 1. The maximum atomic E-state index is 14.4. The summed E-state index contributed by atoms with van der Waals surface area (Å²) in [7, 11) is 0. The molecule has 3 unspecified atom stereocenters. The van der Waals surface area contributed by atoms with Crippen molar-refractivity contribution in [2.75, 3.05) is 0 Å². The molecular weight excluding hydrogens is 478 g/mol. The van der Waals surface area contributed by atoms with E-state index < -0.39 is 29.3 Å². The zero-order chi connectivity index (χ0) is 29.4. The van der Waals surface area contributed by atoms with Gasteiger partial charge in [0.1, 0.15) is 17.7 Å². The maximum Gasteiger partial charge on any atom is 0.408 e. The SMILES string of the molecule is Cc1ccccc1C(C(=O)NC(C)(C)C)N(C(=O)C(CC(C)C)NC(=O)OC(C)(C)C)C(C)CCC(C)C. The Hall–Kier alpha value is -2.57. The predicted molar refractivity (Wildman–Crippen MR) is 155 cm³/mol. The lowest BCUT2D eigenvalue weighted by atomic mass is 9.93. The first kappa shape index (κ1) is 33.5. The van der Waals surface area contributed by atoms with Crippen LogP contribution in [-0.2, 0) is 14.3 Å². The Morgan fingerprint density at radius 1 is 0.895 bits per heavy atom. The fourth-order valence-corrected chi connectivity index (χ4v) is 4.38. The van der Waals surface area contributed by atoms with Crippen LogP contribution in [0.1, 0.15) is 113 Å². The first-order valence-corrected chi connectivity index (χ1v) is 14.0. The highest BCUT2D eigenvalue weighted by atomic mass is 16.6. The average Bonchev–Trinajstić information content (AvgIpc) is 2.72. The van der Waals surface area contributed by atoms with Crippen molar-refractivity contribution in [1.29, 1.82) is 0 Å². The summed E-state index contributed by atoms with van der Waals surface area (Å²) in [4.78, 5) is 42.9. The molecule has 216 valence electrons. The minimum Gasteiger partial charge on any atom is -0.444 e. The third-order valence-corrected chi connectivity index (χ3v) is 6.10. The van der Waals surface area contributed by atoms with Gasteiger partial charge in [0.2, 0.25) is 11.8 Å². The minimum atomic E-state index is -0.847. The highest BCUT2D eigenvalue weighted by Crippen LogP contribution is 2.30. The molecule has 0 radical (unpaired) electrons. The molecule has 0 bridgehead atoms. The number of carbonyl (C=O) groups is 3. The predicted octanol–water partition coefficient (Wildman–Crippen LogP) is 6.54. The third kappa shape index (κ3) is 11.4. The van der Waals surface area contributed by atoms with Crippen molar-refractivity contribution >= 4 is 17.9 Å². The van der Waals surface area contributed by atoms with E-state index in [-0.39, 0.29) is 23.8 Å². The summed E-state index contributed by atoms with van der Waals surface area (Å²) in [6.07, 6.45) is 1.42. The van der Waals surface area contributed by atoms with Gasteiger partial charge in [-0.15, -0.1) is 0 Å². The summed E-state index contributed by atoms with van der Waals surface area (Å²) in [6.45, 7) is 23.4. The number of aryl methyl sites for hydroxylation is 1. The number of hydrogen-bond donors (Lipinski definition) is 2. The van der Waals surface area contributed by atoms with Gasteiger partial charge in [-0.1, -0.05) is 52.0 Å². The van der Waals surface area contributed by atoms with E-state index in [1.54, 1.807) is 25.7 Å². The van der Waals surface area contributed by atoms with E-state index in [9.17, 15) is 14.4 Å². The van der Waals surface area contributed by atoms with Crippen molar-refractivity contribution in [3.8, 4) is 0 Å².